The lowest BCUT2D eigenvalue weighted by atomic mass is 10.00. The summed E-state index contributed by atoms with van der Waals surface area (Å²) in [6.45, 7) is 2.09. The molecule has 3 aromatic carbocycles. The molecule has 2 aromatic heterocycles. The van der Waals surface area contributed by atoms with Crippen molar-refractivity contribution in [2.24, 2.45) is 0 Å². The quantitative estimate of drug-likeness (QED) is 0.371. The highest BCUT2D eigenvalue weighted by Gasteiger charge is 2.13. The van der Waals surface area contributed by atoms with Crippen LogP contribution in [-0.2, 0) is 0 Å². The molecule has 0 saturated heterocycles. The van der Waals surface area contributed by atoms with E-state index in [0.29, 0.717) is 0 Å². The minimum absolute atomic E-state index is 0.894. The molecular weight excluding hydrogens is 354 g/mol. The van der Waals surface area contributed by atoms with Crippen LogP contribution in [-0.4, -0.2) is 15.0 Å². The molecule has 0 unspecified atom stereocenters. The minimum Gasteiger partial charge on any atom is -0.264 e. The SMILES string of the molecule is Cc1ccc(-c2nc3ccccc3nc2-c2ccc(-c3cccnc3)cc2)cc1. The average Bonchev–Trinajstić information content (AvgIpc) is 2.79. The molecule has 5 aromatic rings. The van der Waals surface area contributed by atoms with Crippen molar-refractivity contribution in [1.82, 2.24) is 15.0 Å². The molecule has 2 heterocycles. The molecule has 0 bridgehead atoms. The first kappa shape index (κ1) is 17.3. The van der Waals surface area contributed by atoms with Crippen molar-refractivity contribution in [1.29, 1.82) is 0 Å². The van der Waals surface area contributed by atoms with Gasteiger partial charge in [0.15, 0.2) is 0 Å². The van der Waals surface area contributed by atoms with E-state index >= 15 is 0 Å². The van der Waals surface area contributed by atoms with Gasteiger partial charge in [-0.3, -0.25) is 4.98 Å². The van der Waals surface area contributed by atoms with E-state index in [0.717, 1.165) is 44.7 Å². The van der Waals surface area contributed by atoms with Gasteiger partial charge in [0, 0.05) is 23.5 Å². The van der Waals surface area contributed by atoms with Crippen molar-refractivity contribution in [3.05, 3.63) is 103 Å². The van der Waals surface area contributed by atoms with E-state index in [1.807, 2.05) is 36.5 Å². The third kappa shape index (κ3) is 3.39. The van der Waals surface area contributed by atoms with Crippen LogP contribution in [0.5, 0.6) is 0 Å². The summed E-state index contributed by atoms with van der Waals surface area (Å²) in [4.78, 5) is 14.1. The van der Waals surface area contributed by atoms with Gasteiger partial charge in [-0.1, -0.05) is 72.3 Å². The number of benzene rings is 3. The Bertz CT molecular complexity index is 1280. The summed E-state index contributed by atoms with van der Waals surface area (Å²) in [6, 6.07) is 28.9. The van der Waals surface area contributed by atoms with E-state index in [2.05, 4.69) is 66.5 Å². The average molecular weight is 373 g/mol. The Hall–Kier alpha value is -3.85. The first-order valence-corrected chi connectivity index (χ1v) is 9.62. The minimum atomic E-state index is 0.894. The number of fused-ring (bicyclic) bond motifs is 1. The van der Waals surface area contributed by atoms with Crippen molar-refractivity contribution in [3.63, 3.8) is 0 Å². The van der Waals surface area contributed by atoms with E-state index in [1.165, 1.54) is 5.56 Å². The Morgan fingerprint density at radius 2 is 1.07 bits per heavy atom. The molecule has 0 spiro atoms. The number of aryl methyl sites for hydroxylation is 1. The standard InChI is InChI=1S/C26H19N3/c1-18-8-10-20(11-9-18)25-26(29-24-7-3-2-6-23(24)28-25)21-14-12-19(13-15-21)22-5-4-16-27-17-22/h2-17H,1H3. The van der Waals surface area contributed by atoms with Gasteiger partial charge in [0.2, 0.25) is 0 Å². The number of hydrogen-bond acceptors (Lipinski definition) is 3. The van der Waals surface area contributed by atoms with Gasteiger partial charge in [0.25, 0.3) is 0 Å². The summed E-state index contributed by atoms with van der Waals surface area (Å²) >= 11 is 0. The van der Waals surface area contributed by atoms with Crippen molar-refractivity contribution < 1.29 is 0 Å². The monoisotopic (exact) mass is 373 g/mol. The van der Waals surface area contributed by atoms with Crippen molar-refractivity contribution in [2.45, 2.75) is 6.92 Å². The van der Waals surface area contributed by atoms with Crippen LogP contribution in [0.2, 0.25) is 0 Å². The van der Waals surface area contributed by atoms with E-state index in [4.69, 9.17) is 9.97 Å². The molecule has 3 nitrogen and oxygen atoms in total. The lowest BCUT2D eigenvalue weighted by Crippen LogP contribution is -1.95. The Labute approximate surface area is 169 Å². The normalized spacial score (nSPS) is 10.9. The first-order chi connectivity index (χ1) is 14.3. The summed E-state index contributed by atoms with van der Waals surface area (Å²) < 4.78 is 0. The molecule has 0 atom stereocenters. The predicted molar refractivity (Wildman–Crippen MR) is 118 cm³/mol. The Balaban J connectivity index is 1.67. The van der Waals surface area contributed by atoms with Crippen molar-refractivity contribution >= 4 is 11.0 Å². The maximum atomic E-state index is 4.97. The van der Waals surface area contributed by atoms with Gasteiger partial charge in [0.05, 0.1) is 22.4 Å². The highest BCUT2D eigenvalue weighted by atomic mass is 14.8. The van der Waals surface area contributed by atoms with Gasteiger partial charge in [-0.15, -0.1) is 0 Å². The molecule has 0 amide bonds. The molecule has 3 heteroatoms. The molecule has 0 aliphatic carbocycles. The van der Waals surface area contributed by atoms with Crippen molar-refractivity contribution in [3.8, 4) is 33.6 Å². The zero-order valence-electron chi connectivity index (χ0n) is 16.1. The van der Waals surface area contributed by atoms with Gasteiger partial charge in [-0.05, 0) is 36.2 Å². The molecule has 0 fully saturated rings. The van der Waals surface area contributed by atoms with Crippen LogP contribution in [0.25, 0.3) is 44.7 Å². The van der Waals surface area contributed by atoms with Gasteiger partial charge < -0.3 is 0 Å². The second-order valence-electron chi connectivity index (χ2n) is 7.09. The molecule has 0 aliphatic rings. The van der Waals surface area contributed by atoms with E-state index in [-0.39, 0.29) is 0 Å². The topological polar surface area (TPSA) is 38.7 Å². The maximum Gasteiger partial charge on any atom is 0.0973 e. The third-order valence-corrected chi connectivity index (χ3v) is 5.05. The number of rotatable bonds is 3. The van der Waals surface area contributed by atoms with Crippen LogP contribution < -0.4 is 0 Å². The van der Waals surface area contributed by atoms with Crippen LogP contribution in [0.3, 0.4) is 0 Å². The number of pyridine rings is 1. The predicted octanol–water partition coefficient (Wildman–Crippen LogP) is 6.33. The summed E-state index contributed by atoms with van der Waals surface area (Å²) in [6.07, 6.45) is 3.67. The van der Waals surface area contributed by atoms with Gasteiger partial charge in [-0.2, -0.15) is 0 Å². The van der Waals surface area contributed by atoms with E-state index < -0.39 is 0 Å². The maximum absolute atomic E-state index is 4.97. The molecule has 138 valence electrons. The van der Waals surface area contributed by atoms with Gasteiger partial charge in [0.1, 0.15) is 0 Å². The van der Waals surface area contributed by atoms with E-state index in [1.54, 1.807) is 6.20 Å². The van der Waals surface area contributed by atoms with Crippen LogP contribution >= 0.6 is 0 Å². The van der Waals surface area contributed by atoms with Gasteiger partial charge >= 0.3 is 0 Å². The molecular formula is C26H19N3. The first-order valence-electron chi connectivity index (χ1n) is 9.62. The van der Waals surface area contributed by atoms with Crippen LogP contribution in [0.1, 0.15) is 5.56 Å². The van der Waals surface area contributed by atoms with E-state index in [9.17, 15) is 0 Å². The number of hydrogen-bond donors (Lipinski definition) is 0. The smallest absolute Gasteiger partial charge is 0.0973 e. The number of para-hydroxylation sites is 2. The fraction of sp³-hybridized carbons (Fsp3) is 0.0385. The fourth-order valence-corrected chi connectivity index (χ4v) is 3.47. The third-order valence-electron chi connectivity index (χ3n) is 5.05. The fourth-order valence-electron chi connectivity index (χ4n) is 3.47. The summed E-state index contributed by atoms with van der Waals surface area (Å²) in [7, 11) is 0. The zero-order chi connectivity index (χ0) is 19.6. The summed E-state index contributed by atoms with van der Waals surface area (Å²) in [5.41, 5.74) is 9.17. The summed E-state index contributed by atoms with van der Waals surface area (Å²) in [5, 5.41) is 0. The Morgan fingerprint density at radius 1 is 0.517 bits per heavy atom. The van der Waals surface area contributed by atoms with Crippen molar-refractivity contribution in [2.75, 3.05) is 0 Å². The van der Waals surface area contributed by atoms with Crippen LogP contribution in [0.15, 0.2) is 97.3 Å². The van der Waals surface area contributed by atoms with Gasteiger partial charge in [-0.25, -0.2) is 9.97 Å². The molecule has 0 saturated carbocycles. The Kier molecular flexibility index (Phi) is 4.34. The zero-order valence-corrected chi connectivity index (χ0v) is 16.1. The number of nitrogens with zero attached hydrogens (tertiary/aromatic N) is 3. The lowest BCUT2D eigenvalue weighted by Gasteiger charge is -2.11. The largest absolute Gasteiger partial charge is 0.264 e. The molecule has 29 heavy (non-hydrogen) atoms. The highest BCUT2D eigenvalue weighted by molar-refractivity contribution is 5.86. The molecule has 0 N–H and O–H groups in total. The number of aromatic nitrogens is 3. The Morgan fingerprint density at radius 3 is 1.62 bits per heavy atom. The second-order valence-corrected chi connectivity index (χ2v) is 7.09. The summed E-state index contributed by atoms with van der Waals surface area (Å²) in [5.74, 6) is 0. The second kappa shape index (κ2) is 7.28. The van der Waals surface area contributed by atoms with Crippen LogP contribution in [0, 0.1) is 6.92 Å². The molecule has 0 aliphatic heterocycles. The molecule has 0 radical (unpaired) electrons. The van der Waals surface area contributed by atoms with Crippen LogP contribution in [0.4, 0.5) is 0 Å². The lowest BCUT2D eigenvalue weighted by molar-refractivity contribution is 1.29. The molecule has 5 rings (SSSR count). The highest BCUT2D eigenvalue weighted by Crippen LogP contribution is 2.32.